The average molecular weight is 423 g/mol. The zero-order valence-corrected chi connectivity index (χ0v) is 17.7. The zero-order chi connectivity index (χ0) is 22.8. The zero-order valence-electron chi connectivity index (χ0n) is 17.7. The largest absolute Gasteiger partial charge is 0.353 e. The van der Waals surface area contributed by atoms with Gasteiger partial charge in [0.15, 0.2) is 0 Å². The molecule has 30 heavy (non-hydrogen) atoms. The van der Waals surface area contributed by atoms with E-state index in [0.717, 1.165) is 31.3 Å². The van der Waals surface area contributed by atoms with Crippen molar-refractivity contribution in [2.75, 3.05) is 26.2 Å². The summed E-state index contributed by atoms with van der Waals surface area (Å²) in [5.74, 6) is -1.07. The summed E-state index contributed by atoms with van der Waals surface area (Å²) >= 11 is 0. The fraction of sp³-hybridized carbons (Fsp3) is 0.579. The van der Waals surface area contributed by atoms with E-state index in [1.165, 1.54) is 0 Å². The van der Waals surface area contributed by atoms with Gasteiger partial charge in [0.25, 0.3) is 17.3 Å². The summed E-state index contributed by atoms with van der Waals surface area (Å²) in [5.41, 5.74) is -1.39. The second-order valence-electron chi connectivity index (χ2n) is 7.23. The van der Waals surface area contributed by atoms with Gasteiger partial charge < -0.3 is 15.5 Å². The monoisotopic (exact) mass is 423 g/mol. The summed E-state index contributed by atoms with van der Waals surface area (Å²) in [4.78, 5) is 47.8. The Morgan fingerprint density at radius 2 is 1.57 bits per heavy atom. The number of amides is 2. The molecular formula is C19H29N5O6. The van der Waals surface area contributed by atoms with E-state index in [2.05, 4.69) is 15.5 Å². The Labute approximate surface area is 175 Å². The molecular weight excluding hydrogens is 394 g/mol. The van der Waals surface area contributed by atoms with Crippen molar-refractivity contribution in [2.45, 2.75) is 40.2 Å². The lowest BCUT2D eigenvalue weighted by Gasteiger charge is -2.22. The van der Waals surface area contributed by atoms with Crippen molar-refractivity contribution in [1.29, 1.82) is 0 Å². The van der Waals surface area contributed by atoms with Gasteiger partial charge in [0.2, 0.25) is 5.91 Å². The maximum atomic E-state index is 12.6. The molecule has 0 saturated heterocycles. The minimum absolute atomic E-state index is 0.0864. The number of rotatable bonds is 12. The van der Waals surface area contributed by atoms with Gasteiger partial charge in [-0.2, -0.15) is 0 Å². The Morgan fingerprint density at radius 1 is 1.03 bits per heavy atom. The van der Waals surface area contributed by atoms with E-state index in [1.807, 2.05) is 27.7 Å². The van der Waals surface area contributed by atoms with Crippen molar-refractivity contribution in [3.63, 3.8) is 0 Å². The van der Waals surface area contributed by atoms with Gasteiger partial charge in [-0.05, 0) is 25.4 Å². The number of likely N-dealkylation sites (N-methyl/N-ethyl adjacent to an activating group) is 1. The van der Waals surface area contributed by atoms with E-state index in [1.54, 1.807) is 0 Å². The Kier molecular flexibility index (Phi) is 9.82. The number of nitro benzene ring substituents is 2. The molecule has 11 heteroatoms. The minimum atomic E-state index is -0.868. The van der Waals surface area contributed by atoms with Crippen LogP contribution in [0.4, 0.5) is 11.4 Å². The Morgan fingerprint density at radius 3 is 2.00 bits per heavy atom. The van der Waals surface area contributed by atoms with E-state index in [-0.39, 0.29) is 17.4 Å². The molecule has 0 saturated carbocycles. The summed E-state index contributed by atoms with van der Waals surface area (Å²) in [7, 11) is 0. The first-order valence-electron chi connectivity index (χ1n) is 9.83. The van der Waals surface area contributed by atoms with Gasteiger partial charge in [-0.25, -0.2) is 0 Å². The van der Waals surface area contributed by atoms with E-state index < -0.39 is 33.2 Å². The van der Waals surface area contributed by atoms with Gasteiger partial charge >= 0.3 is 0 Å². The molecule has 2 N–H and O–H groups in total. The SMILES string of the molecule is CCN(CC)CCNC(=O)[C@H](CC(C)C)NC(=O)c1cc([N+](=O)[O-])cc([N+](=O)[O-])c1. The van der Waals surface area contributed by atoms with Crippen molar-refractivity contribution in [1.82, 2.24) is 15.5 Å². The Bertz CT molecular complexity index is 746. The normalized spacial score (nSPS) is 11.9. The molecule has 1 atom stereocenters. The minimum Gasteiger partial charge on any atom is -0.353 e. The molecule has 0 aliphatic carbocycles. The molecule has 0 heterocycles. The number of nitro groups is 2. The lowest BCUT2D eigenvalue weighted by molar-refractivity contribution is -0.394. The van der Waals surface area contributed by atoms with Crippen molar-refractivity contribution < 1.29 is 19.4 Å². The maximum absolute atomic E-state index is 12.6. The highest BCUT2D eigenvalue weighted by Crippen LogP contribution is 2.23. The summed E-state index contributed by atoms with van der Waals surface area (Å²) < 4.78 is 0. The topological polar surface area (TPSA) is 148 Å². The number of hydrogen-bond acceptors (Lipinski definition) is 7. The van der Waals surface area contributed by atoms with Crippen LogP contribution < -0.4 is 10.6 Å². The first kappa shape index (κ1) is 25.0. The van der Waals surface area contributed by atoms with Crippen LogP contribution in [0.5, 0.6) is 0 Å². The Hall–Kier alpha value is -3.08. The fourth-order valence-corrected chi connectivity index (χ4v) is 2.88. The molecule has 0 radical (unpaired) electrons. The highest BCUT2D eigenvalue weighted by molar-refractivity contribution is 5.98. The first-order valence-corrected chi connectivity index (χ1v) is 9.83. The van der Waals surface area contributed by atoms with Gasteiger partial charge in [0.1, 0.15) is 6.04 Å². The summed E-state index contributed by atoms with van der Waals surface area (Å²) in [5, 5.41) is 27.4. The maximum Gasteiger partial charge on any atom is 0.277 e. The fourth-order valence-electron chi connectivity index (χ4n) is 2.88. The molecule has 2 amide bonds. The number of nitrogens with one attached hydrogen (secondary N) is 2. The van der Waals surface area contributed by atoms with Crippen LogP contribution in [0.25, 0.3) is 0 Å². The van der Waals surface area contributed by atoms with Gasteiger partial charge in [-0.3, -0.25) is 29.8 Å². The lowest BCUT2D eigenvalue weighted by Crippen LogP contribution is -2.48. The van der Waals surface area contributed by atoms with Crippen LogP contribution in [-0.2, 0) is 4.79 Å². The number of carbonyl (C=O) groups excluding carboxylic acids is 2. The van der Waals surface area contributed by atoms with Gasteiger partial charge in [-0.15, -0.1) is 0 Å². The number of nitrogens with zero attached hydrogens (tertiary/aromatic N) is 3. The summed E-state index contributed by atoms with van der Waals surface area (Å²) in [6.45, 7) is 10.6. The van der Waals surface area contributed by atoms with Gasteiger partial charge in [0.05, 0.1) is 21.5 Å². The molecule has 0 fully saturated rings. The van der Waals surface area contributed by atoms with E-state index >= 15 is 0 Å². The van der Waals surface area contributed by atoms with Crippen molar-refractivity contribution in [3.8, 4) is 0 Å². The third kappa shape index (κ3) is 7.74. The highest BCUT2D eigenvalue weighted by atomic mass is 16.6. The van der Waals surface area contributed by atoms with Crippen molar-refractivity contribution in [2.24, 2.45) is 5.92 Å². The van der Waals surface area contributed by atoms with Crippen LogP contribution in [0.2, 0.25) is 0 Å². The second-order valence-corrected chi connectivity index (χ2v) is 7.23. The number of carbonyl (C=O) groups is 2. The van der Waals surface area contributed by atoms with Gasteiger partial charge in [0, 0.05) is 25.2 Å². The van der Waals surface area contributed by atoms with E-state index in [9.17, 15) is 29.8 Å². The van der Waals surface area contributed by atoms with Crippen molar-refractivity contribution in [3.05, 3.63) is 44.0 Å². The summed E-state index contributed by atoms with van der Waals surface area (Å²) in [6.07, 6.45) is 0.347. The molecule has 0 aliphatic heterocycles. The van der Waals surface area contributed by atoms with Crippen LogP contribution in [0.1, 0.15) is 44.5 Å². The lowest BCUT2D eigenvalue weighted by atomic mass is 10.0. The quantitative estimate of drug-likeness (QED) is 0.386. The molecule has 0 spiro atoms. The van der Waals surface area contributed by atoms with Crippen molar-refractivity contribution >= 4 is 23.2 Å². The van der Waals surface area contributed by atoms with Crippen LogP contribution in [-0.4, -0.2) is 58.8 Å². The van der Waals surface area contributed by atoms with Crippen LogP contribution in [0, 0.1) is 26.1 Å². The van der Waals surface area contributed by atoms with Gasteiger partial charge in [-0.1, -0.05) is 27.7 Å². The molecule has 1 aromatic rings. The van der Waals surface area contributed by atoms with Crippen LogP contribution in [0.3, 0.4) is 0 Å². The third-order valence-electron chi connectivity index (χ3n) is 4.54. The predicted molar refractivity (Wildman–Crippen MR) is 111 cm³/mol. The third-order valence-corrected chi connectivity index (χ3v) is 4.54. The Balaban J connectivity index is 2.96. The predicted octanol–water partition coefficient (Wildman–Crippen LogP) is 2.11. The molecule has 166 valence electrons. The summed E-state index contributed by atoms with van der Waals surface area (Å²) in [6, 6.07) is 1.81. The number of non-ortho nitro benzene ring substituents is 2. The van der Waals surface area contributed by atoms with Crippen LogP contribution in [0.15, 0.2) is 18.2 Å². The standard InChI is InChI=1S/C19H29N5O6/c1-5-22(6-2)8-7-20-19(26)17(9-13(3)4)21-18(25)14-10-15(23(27)28)12-16(11-14)24(29)30/h10-13,17H,5-9H2,1-4H3,(H,20,26)(H,21,25)/t17-/m0/s1. The smallest absolute Gasteiger partial charge is 0.277 e. The highest BCUT2D eigenvalue weighted by Gasteiger charge is 2.25. The number of benzene rings is 1. The molecule has 0 unspecified atom stereocenters. The van der Waals surface area contributed by atoms with E-state index in [0.29, 0.717) is 19.5 Å². The molecule has 11 nitrogen and oxygen atoms in total. The molecule has 1 rings (SSSR count). The molecule has 0 aliphatic rings. The molecule has 1 aromatic carbocycles. The second kappa shape index (κ2) is 11.8. The average Bonchev–Trinajstić information content (AvgIpc) is 2.69. The number of hydrogen-bond donors (Lipinski definition) is 2. The van der Waals surface area contributed by atoms with E-state index in [4.69, 9.17) is 0 Å². The first-order chi connectivity index (χ1) is 14.1. The molecule has 0 aromatic heterocycles. The van der Waals surface area contributed by atoms with Crippen LogP contribution >= 0.6 is 0 Å². The molecule has 0 bridgehead atoms.